The highest BCUT2D eigenvalue weighted by Gasteiger charge is 2.17. The molecule has 0 unspecified atom stereocenters. The molecule has 3 rings (SSSR count). The Kier molecular flexibility index (Phi) is 4.88. The molecule has 1 aliphatic rings. The smallest absolute Gasteiger partial charge is 0.248 e. The molecule has 0 atom stereocenters. The average molecular weight is 336 g/mol. The van der Waals surface area contributed by atoms with Crippen LogP contribution in [0.2, 0.25) is 0 Å². The number of ketones is 1. The van der Waals surface area contributed by atoms with Gasteiger partial charge in [0.05, 0.1) is 0 Å². The number of rotatable bonds is 5. The van der Waals surface area contributed by atoms with Crippen molar-refractivity contribution in [3.63, 3.8) is 0 Å². The zero-order valence-corrected chi connectivity index (χ0v) is 14.8. The zero-order valence-electron chi connectivity index (χ0n) is 14.8. The maximum absolute atomic E-state index is 12.8. The quantitative estimate of drug-likeness (QED) is 0.811. The fourth-order valence-corrected chi connectivity index (χ4v) is 3.50. The van der Waals surface area contributed by atoms with Gasteiger partial charge in [-0.2, -0.15) is 0 Å². The van der Waals surface area contributed by atoms with Gasteiger partial charge in [-0.1, -0.05) is 25.0 Å². The molecule has 0 aliphatic heterocycles. The monoisotopic (exact) mass is 336 g/mol. The molecule has 0 radical (unpaired) electrons. The number of carbonyl (C=O) groups is 2. The molecule has 2 aromatic rings. The molecule has 1 fully saturated rings. The molecule has 25 heavy (non-hydrogen) atoms. The molecule has 0 aromatic heterocycles. The van der Waals surface area contributed by atoms with Gasteiger partial charge in [-0.3, -0.25) is 9.59 Å². The van der Waals surface area contributed by atoms with Crippen molar-refractivity contribution in [3.8, 4) is 0 Å². The van der Waals surface area contributed by atoms with Crippen molar-refractivity contribution < 1.29 is 9.59 Å². The topological polar surface area (TPSA) is 72.2 Å². The third-order valence-electron chi connectivity index (χ3n) is 4.96. The lowest BCUT2D eigenvalue weighted by molar-refractivity contribution is 0.0999. The maximum atomic E-state index is 12.8. The first-order valence-corrected chi connectivity index (χ1v) is 8.78. The largest absolute Gasteiger partial charge is 0.382 e. The highest BCUT2D eigenvalue weighted by molar-refractivity contribution is 6.11. The Hall–Kier alpha value is -2.62. The summed E-state index contributed by atoms with van der Waals surface area (Å²) in [4.78, 5) is 24.3. The van der Waals surface area contributed by atoms with E-state index in [4.69, 9.17) is 5.73 Å². The van der Waals surface area contributed by atoms with Gasteiger partial charge in [-0.05, 0) is 62.1 Å². The van der Waals surface area contributed by atoms with Crippen LogP contribution in [-0.2, 0) is 0 Å². The molecule has 0 saturated heterocycles. The minimum atomic E-state index is -0.514. The van der Waals surface area contributed by atoms with Gasteiger partial charge in [0.25, 0.3) is 0 Å². The van der Waals surface area contributed by atoms with E-state index in [9.17, 15) is 9.59 Å². The standard InChI is InChI=1S/C21H24N2O2/c1-13-7-8-15(12-19(13)21(22)25)20(24)18-10-9-17(11-14(18)2)23-16-5-3-4-6-16/h7-12,16,23H,3-6H2,1-2H3,(H2,22,25). The van der Waals surface area contributed by atoms with Gasteiger partial charge in [0, 0.05) is 28.4 Å². The summed E-state index contributed by atoms with van der Waals surface area (Å²) in [7, 11) is 0. The third-order valence-corrected chi connectivity index (χ3v) is 4.96. The van der Waals surface area contributed by atoms with Crippen LogP contribution >= 0.6 is 0 Å². The number of carbonyl (C=O) groups excluding carboxylic acids is 2. The van der Waals surface area contributed by atoms with E-state index in [1.165, 1.54) is 25.7 Å². The Bertz CT molecular complexity index is 821. The van der Waals surface area contributed by atoms with E-state index in [-0.39, 0.29) is 5.78 Å². The van der Waals surface area contributed by atoms with Crippen LogP contribution in [0.15, 0.2) is 36.4 Å². The molecule has 3 N–H and O–H groups in total. The zero-order chi connectivity index (χ0) is 18.0. The fourth-order valence-electron chi connectivity index (χ4n) is 3.50. The Morgan fingerprint density at radius 2 is 1.68 bits per heavy atom. The summed E-state index contributed by atoms with van der Waals surface area (Å²) in [5.74, 6) is -0.604. The predicted octanol–water partition coefficient (Wildman–Crippen LogP) is 3.99. The first-order valence-electron chi connectivity index (χ1n) is 8.78. The molecular weight excluding hydrogens is 312 g/mol. The van der Waals surface area contributed by atoms with Crippen LogP contribution in [0.1, 0.15) is 63.1 Å². The highest BCUT2D eigenvalue weighted by Crippen LogP contribution is 2.25. The molecule has 0 spiro atoms. The fraction of sp³-hybridized carbons (Fsp3) is 0.333. The molecule has 1 saturated carbocycles. The Labute approximate surface area is 148 Å². The van der Waals surface area contributed by atoms with Crippen molar-refractivity contribution in [3.05, 3.63) is 64.2 Å². The normalized spacial score (nSPS) is 14.5. The maximum Gasteiger partial charge on any atom is 0.248 e. The Morgan fingerprint density at radius 1 is 0.960 bits per heavy atom. The summed E-state index contributed by atoms with van der Waals surface area (Å²) >= 11 is 0. The van der Waals surface area contributed by atoms with E-state index in [1.807, 2.05) is 32.0 Å². The molecule has 130 valence electrons. The van der Waals surface area contributed by atoms with Crippen molar-refractivity contribution in [1.29, 1.82) is 0 Å². The molecule has 0 heterocycles. The van der Waals surface area contributed by atoms with Crippen molar-refractivity contribution in [2.75, 3.05) is 5.32 Å². The summed E-state index contributed by atoms with van der Waals surface area (Å²) in [6, 6.07) is 11.5. The van der Waals surface area contributed by atoms with Crippen molar-refractivity contribution in [1.82, 2.24) is 0 Å². The van der Waals surface area contributed by atoms with Crippen LogP contribution in [0.3, 0.4) is 0 Å². The van der Waals surface area contributed by atoms with Gasteiger partial charge in [0.15, 0.2) is 5.78 Å². The lowest BCUT2D eigenvalue weighted by Gasteiger charge is -2.15. The van der Waals surface area contributed by atoms with E-state index in [2.05, 4.69) is 5.32 Å². The van der Waals surface area contributed by atoms with E-state index in [1.54, 1.807) is 18.2 Å². The first-order chi connectivity index (χ1) is 12.0. The summed E-state index contributed by atoms with van der Waals surface area (Å²) in [6.07, 6.45) is 4.98. The van der Waals surface area contributed by atoms with Crippen molar-refractivity contribution in [2.24, 2.45) is 5.73 Å². The minimum absolute atomic E-state index is 0.0904. The first kappa shape index (κ1) is 17.2. The number of anilines is 1. The van der Waals surface area contributed by atoms with Crippen molar-refractivity contribution in [2.45, 2.75) is 45.6 Å². The highest BCUT2D eigenvalue weighted by atomic mass is 16.1. The second kappa shape index (κ2) is 7.09. The lowest BCUT2D eigenvalue weighted by atomic mass is 9.95. The van der Waals surface area contributed by atoms with Gasteiger partial charge in [0.2, 0.25) is 5.91 Å². The second-order valence-corrected chi connectivity index (χ2v) is 6.88. The molecule has 1 amide bonds. The predicted molar refractivity (Wildman–Crippen MR) is 100 cm³/mol. The average Bonchev–Trinajstić information content (AvgIpc) is 3.07. The van der Waals surface area contributed by atoms with Crippen LogP contribution < -0.4 is 11.1 Å². The summed E-state index contributed by atoms with van der Waals surface area (Å²) in [5, 5.41) is 3.55. The molecule has 4 heteroatoms. The Morgan fingerprint density at radius 3 is 2.32 bits per heavy atom. The van der Waals surface area contributed by atoms with Crippen LogP contribution in [0.4, 0.5) is 5.69 Å². The van der Waals surface area contributed by atoms with Crippen LogP contribution in [-0.4, -0.2) is 17.7 Å². The summed E-state index contributed by atoms with van der Waals surface area (Å²) in [5.41, 5.74) is 9.68. The van der Waals surface area contributed by atoms with Crippen molar-refractivity contribution >= 4 is 17.4 Å². The van der Waals surface area contributed by atoms with E-state index in [0.29, 0.717) is 22.7 Å². The van der Waals surface area contributed by atoms with Gasteiger partial charge in [-0.25, -0.2) is 0 Å². The van der Waals surface area contributed by atoms with Gasteiger partial charge >= 0.3 is 0 Å². The van der Waals surface area contributed by atoms with E-state index in [0.717, 1.165) is 16.8 Å². The van der Waals surface area contributed by atoms with Crippen LogP contribution in [0, 0.1) is 13.8 Å². The number of hydrogen-bond donors (Lipinski definition) is 2. The number of primary amides is 1. The van der Waals surface area contributed by atoms with Crippen LogP contribution in [0.25, 0.3) is 0 Å². The number of aryl methyl sites for hydroxylation is 2. The third kappa shape index (κ3) is 3.73. The molecule has 4 nitrogen and oxygen atoms in total. The van der Waals surface area contributed by atoms with Gasteiger partial charge < -0.3 is 11.1 Å². The van der Waals surface area contributed by atoms with Gasteiger partial charge in [-0.15, -0.1) is 0 Å². The number of nitrogens with one attached hydrogen (secondary N) is 1. The summed E-state index contributed by atoms with van der Waals surface area (Å²) < 4.78 is 0. The number of amides is 1. The molecule has 2 aromatic carbocycles. The Balaban J connectivity index is 1.84. The van der Waals surface area contributed by atoms with E-state index >= 15 is 0 Å². The van der Waals surface area contributed by atoms with E-state index < -0.39 is 5.91 Å². The number of benzene rings is 2. The molecule has 0 bridgehead atoms. The minimum Gasteiger partial charge on any atom is -0.382 e. The van der Waals surface area contributed by atoms with Gasteiger partial charge in [0.1, 0.15) is 0 Å². The molecule has 1 aliphatic carbocycles. The molecular formula is C21H24N2O2. The SMILES string of the molecule is Cc1ccc(C(=O)c2ccc(NC3CCCC3)cc2C)cc1C(N)=O. The number of hydrogen-bond acceptors (Lipinski definition) is 3. The lowest BCUT2D eigenvalue weighted by Crippen LogP contribution is -2.15. The second-order valence-electron chi connectivity index (χ2n) is 6.88. The summed E-state index contributed by atoms with van der Waals surface area (Å²) in [6.45, 7) is 3.75. The number of nitrogens with two attached hydrogens (primary N) is 1. The van der Waals surface area contributed by atoms with Crippen LogP contribution in [0.5, 0.6) is 0 Å².